The first-order chi connectivity index (χ1) is 14.4. The van der Waals surface area contributed by atoms with E-state index in [4.69, 9.17) is 4.74 Å². The summed E-state index contributed by atoms with van der Waals surface area (Å²) < 4.78 is 34.9. The minimum Gasteiger partial charge on any atom is -0.378 e. The standard InChI is InChI=1S/C20H38N6O3S/c1-13-17(10-26(23-13)15-11-29-12-15)18-7-6-16(9-21-18)30(27,28)24-19-5-3-4-14-8-22-25(2)20(14)19/h13-24H,3-12H2,1-2H3. The normalized spacial score (nSPS) is 44.1. The summed E-state index contributed by atoms with van der Waals surface area (Å²) in [5.74, 6) is 1.05. The van der Waals surface area contributed by atoms with Crippen LogP contribution in [0.5, 0.6) is 0 Å². The van der Waals surface area contributed by atoms with E-state index in [9.17, 15) is 8.42 Å². The zero-order valence-corrected chi connectivity index (χ0v) is 19.0. The number of sulfonamides is 1. The third-order valence-corrected chi connectivity index (χ3v) is 10.1. The molecule has 4 saturated heterocycles. The van der Waals surface area contributed by atoms with Crippen molar-refractivity contribution in [3.05, 3.63) is 0 Å². The predicted molar refractivity (Wildman–Crippen MR) is 115 cm³/mol. The van der Waals surface area contributed by atoms with Crippen LogP contribution in [0.1, 0.15) is 39.0 Å². The molecule has 5 fully saturated rings. The van der Waals surface area contributed by atoms with E-state index in [-0.39, 0.29) is 17.3 Å². The highest BCUT2D eigenvalue weighted by atomic mass is 32.2. The van der Waals surface area contributed by atoms with Gasteiger partial charge in [-0.1, -0.05) is 6.42 Å². The number of piperidine rings is 1. The molecule has 0 spiro atoms. The number of fused-ring (bicyclic) bond motifs is 1. The highest BCUT2D eigenvalue weighted by molar-refractivity contribution is 7.90. The number of ether oxygens (including phenoxy) is 1. The van der Waals surface area contributed by atoms with Gasteiger partial charge in [-0.2, -0.15) is 0 Å². The van der Waals surface area contributed by atoms with E-state index >= 15 is 0 Å². The Morgan fingerprint density at radius 3 is 2.63 bits per heavy atom. The summed E-state index contributed by atoms with van der Waals surface area (Å²) in [6.07, 6.45) is 4.86. The van der Waals surface area contributed by atoms with Crippen LogP contribution in [0.15, 0.2) is 0 Å². The Kier molecular flexibility index (Phi) is 6.13. The molecule has 9 nitrogen and oxygen atoms in total. The maximum absolute atomic E-state index is 13.2. The molecule has 10 heteroatoms. The van der Waals surface area contributed by atoms with E-state index in [1.165, 1.54) is 6.42 Å². The van der Waals surface area contributed by atoms with Crippen molar-refractivity contribution >= 4 is 10.0 Å². The lowest BCUT2D eigenvalue weighted by molar-refractivity contribution is -0.0748. The van der Waals surface area contributed by atoms with Crippen LogP contribution in [-0.4, -0.2) is 93.8 Å². The molecule has 172 valence electrons. The average molecular weight is 443 g/mol. The van der Waals surface area contributed by atoms with Gasteiger partial charge in [-0.05, 0) is 38.5 Å². The van der Waals surface area contributed by atoms with Gasteiger partial charge in [-0.25, -0.2) is 23.2 Å². The van der Waals surface area contributed by atoms with Crippen LogP contribution in [-0.2, 0) is 14.8 Å². The van der Waals surface area contributed by atoms with E-state index in [0.29, 0.717) is 36.5 Å². The average Bonchev–Trinajstić information content (AvgIpc) is 3.24. The maximum Gasteiger partial charge on any atom is 0.216 e. The maximum atomic E-state index is 13.2. The summed E-state index contributed by atoms with van der Waals surface area (Å²) in [6.45, 7) is 6.37. The summed E-state index contributed by atoms with van der Waals surface area (Å²) in [5, 5.41) is 7.71. The van der Waals surface area contributed by atoms with Gasteiger partial charge in [0.1, 0.15) is 0 Å². The number of nitrogens with one attached hydrogen (secondary N) is 4. The van der Waals surface area contributed by atoms with E-state index in [1.807, 2.05) is 7.05 Å². The van der Waals surface area contributed by atoms with Crippen LogP contribution in [0.4, 0.5) is 0 Å². The Hall–Kier alpha value is -0.330. The number of rotatable bonds is 5. The number of likely N-dealkylation sites (N-methyl/N-ethyl adjacent to an activating group) is 1. The molecule has 5 rings (SSSR count). The van der Waals surface area contributed by atoms with Crippen molar-refractivity contribution in [2.24, 2.45) is 11.8 Å². The number of nitrogens with zero attached hydrogens (tertiary/aromatic N) is 2. The molecular formula is C20H38N6O3S. The largest absolute Gasteiger partial charge is 0.378 e. The van der Waals surface area contributed by atoms with Crippen LogP contribution >= 0.6 is 0 Å². The molecule has 0 aromatic heterocycles. The van der Waals surface area contributed by atoms with Crippen molar-refractivity contribution < 1.29 is 13.2 Å². The quantitative estimate of drug-likeness (QED) is 0.441. The fraction of sp³-hybridized carbons (Fsp3) is 1.00. The fourth-order valence-corrected chi connectivity index (χ4v) is 7.93. The molecule has 30 heavy (non-hydrogen) atoms. The minimum absolute atomic E-state index is 0.0174. The van der Waals surface area contributed by atoms with Crippen molar-refractivity contribution in [3.8, 4) is 0 Å². The molecule has 0 aromatic carbocycles. The van der Waals surface area contributed by atoms with Crippen LogP contribution in [0.2, 0.25) is 0 Å². The fourth-order valence-electron chi connectivity index (χ4n) is 6.29. The highest BCUT2D eigenvalue weighted by Crippen LogP contribution is 2.32. The second kappa shape index (κ2) is 8.55. The van der Waals surface area contributed by atoms with Crippen LogP contribution < -0.4 is 20.9 Å². The lowest BCUT2D eigenvalue weighted by Gasteiger charge is -2.39. The van der Waals surface area contributed by atoms with Gasteiger partial charge in [0, 0.05) is 56.8 Å². The molecule has 0 aromatic rings. The van der Waals surface area contributed by atoms with Crippen LogP contribution in [0, 0.1) is 11.8 Å². The van der Waals surface area contributed by atoms with Crippen molar-refractivity contribution in [2.45, 2.75) is 74.5 Å². The van der Waals surface area contributed by atoms with Crippen molar-refractivity contribution in [1.82, 2.24) is 30.9 Å². The number of hydrazine groups is 2. The molecule has 1 aliphatic carbocycles. The second-order valence-corrected chi connectivity index (χ2v) is 12.1. The summed E-state index contributed by atoms with van der Waals surface area (Å²) in [7, 11) is -1.29. The SMILES string of the molecule is CC1NN(C2COC2)CC1C1CCC(S(=O)(=O)NC2CCCC3CNN(C)C32)CN1. The second-order valence-electron chi connectivity index (χ2n) is 10.1. The zero-order valence-electron chi connectivity index (χ0n) is 18.2. The lowest BCUT2D eigenvalue weighted by atomic mass is 9.82. The molecule has 4 N–H and O–H groups in total. The van der Waals surface area contributed by atoms with Gasteiger partial charge in [0.15, 0.2) is 0 Å². The number of hydrogen-bond acceptors (Lipinski definition) is 8. The Labute approximate surface area is 180 Å². The molecule has 4 aliphatic heterocycles. The molecule has 7 unspecified atom stereocenters. The van der Waals surface area contributed by atoms with Gasteiger partial charge in [-0.3, -0.25) is 10.9 Å². The topological polar surface area (TPSA) is 98.0 Å². The monoisotopic (exact) mass is 442 g/mol. The molecule has 0 radical (unpaired) electrons. The smallest absolute Gasteiger partial charge is 0.216 e. The first-order valence-corrected chi connectivity index (χ1v) is 13.3. The number of hydrogen-bond donors (Lipinski definition) is 4. The minimum atomic E-state index is -3.33. The zero-order chi connectivity index (χ0) is 20.9. The van der Waals surface area contributed by atoms with E-state index in [2.05, 4.69) is 37.8 Å². The first-order valence-electron chi connectivity index (χ1n) is 11.7. The van der Waals surface area contributed by atoms with Gasteiger partial charge in [0.2, 0.25) is 10.0 Å². The van der Waals surface area contributed by atoms with Gasteiger partial charge in [0.05, 0.1) is 24.5 Å². The van der Waals surface area contributed by atoms with Crippen molar-refractivity contribution in [1.29, 1.82) is 0 Å². The summed E-state index contributed by atoms with van der Waals surface area (Å²) in [5.41, 5.74) is 6.98. The molecule has 0 amide bonds. The molecule has 0 bridgehead atoms. The lowest BCUT2D eigenvalue weighted by Crippen LogP contribution is -2.57. The Balaban J connectivity index is 1.16. The predicted octanol–water partition coefficient (Wildman–Crippen LogP) is -0.763. The van der Waals surface area contributed by atoms with E-state index in [1.54, 1.807) is 0 Å². The Morgan fingerprint density at radius 2 is 1.93 bits per heavy atom. The van der Waals surface area contributed by atoms with Crippen molar-refractivity contribution in [2.75, 3.05) is 39.9 Å². The molecular weight excluding hydrogens is 404 g/mol. The Bertz CT molecular complexity index is 709. The molecule has 7 atom stereocenters. The molecule has 1 saturated carbocycles. The third-order valence-electron chi connectivity index (χ3n) is 8.19. The van der Waals surface area contributed by atoms with Gasteiger partial charge in [-0.15, -0.1) is 0 Å². The first kappa shape index (κ1) is 21.5. The van der Waals surface area contributed by atoms with Gasteiger partial charge in [0.25, 0.3) is 0 Å². The third kappa shape index (κ3) is 4.05. The van der Waals surface area contributed by atoms with E-state index in [0.717, 1.165) is 52.0 Å². The summed E-state index contributed by atoms with van der Waals surface area (Å²) in [4.78, 5) is 0. The summed E-state index contributed by atoms with van der Waals surface area (Å²) in [6, 6.07) is 1.54. The highest BCUT2D eigenvalue weighted by Gasteiger charge is 2.45. The van der Waals surface area contributed by atoms with E-state index < -0.39 is 10.0 Å². The van der Waals surface area contributed by atoms with Crippen molar-refractivity contribution in [3.63, 3.8) is 0 Å². The van der Waals surface area contributed by atoms with Crippen LogP contribution in [0.3, 0.4) is 0 Å². The molecule has 4 heterocycles. The van der Waals surface area contributed by atoms with Gasteiger partial charge >= 0.3 is 0 Å². The van der Waals surface area contributed by atoms with Crippen LogP contribution in [0.25, 0.3) is 0 Å². The summed E-state index contributed by atoms with van der Waals surface area (Å²) >= 11 is 0. The van der Waals surface area contributed by atoms with Gasteiger partial charge < -0.3 is 10.1 Å². The Morgan fingerprint density at radius 1 is 1.10 bits per heavy atom. The molecule has 5 aliphatic rings.